The van der Waals surface area contributed by atoms with Gasteiger partial charge in [-0.3, -0.25) is 4.55 Å². The zero-order valence-electron chi connectivity index (χ0n) is 28.8. The first kappa shape index (κ1) is 41.5. The molecule has 0 saturated heterocycles. The van der Waals surface area contributed by atoms with E-state index in [9.17, 15) is 29.8 Å². The molecular weight excluding hydrogens is 786 g/mol. The molecule has 0 aliphatic heterocycles. The fraction of sp³-hybridized carbons (Fsp3) is 0.226. The Kier molecular flexibility index (Phi) is 13.6. The Balaban J connectivity index is 1.68. The van der Waals surface area contributed by atoms with Gasteiger partial charge >= 0.3 is 0 Å². The number of aromatic nitrogens is 4. The standard InChI is InChI=1S/C31H36ClN11O8S3/c1-5-52(44,45)17-15-35-28-26(19(3)25(33)27(38-28)34-14-7-16-51-4)43-42-23-18-21(10-13-24(23)54(48,49)50)37-31-40-29(32)39-30(41-31)36-20-8-11-22(12-9-20)53(46,47)6-2/h5-6,8-13,18H,1-2,7,14-17,33H2,3-4H3,(H2,34,35,38)(H,48,49,50)(H2,36,37,39,40,41). The van der Waals surface area contributed by atoms with Gasteiger partial charge in [0.25, 0.3) is 10.1 Å². The molecule has 2 heterocycles. The molecule has 0 amide bonds. The number of hydrogen-bond acceptors (Lipinski definition) is 18. The molecule has 288 valence electrons. The fourth-order valence-electron chi connectivity index (χ4n) is 4.45. The van der Waals surface area contributed by atoms with E-state index in [1.165, 1.54) is 36.4 Å². The zero-order valence-corrected chi connectivity index (χ0v) is 32.0. The van der Waals surface area contributed by atoms with Crippen molar-refractivity contribution in [3.05, 3.63) is 77.3 Å². The molecule has 54 heavy (non-hydrogen) atoms. The number of ether oxygens (including phenoxy) is 1. The topological polar surface area (TPSA) is 282 Å². The number of nitrogens with zero attached hydrogens (tertiary/aromatic N) is 6. The average molecular weight is 822 g/mol. The third kappa shape index (κ3) is 11.1. The molecule has 23 heteroatoms. The molecule has 2 aromatic carbocycles. The van der Waals surface area contributed by atoms with E-state index < -0.39 is 34.7 Å². The summed E-state index contributed by atoms with van der Waals surface area (Å²) in [5.41, 5.74) is 7.27. The van der Waals surface area contributed by atoms with Crippen LogP contribution in [0.2, 0.25) is 5.28 Å². The summed E-state index contributed by atoms with van der Waals surface area (Å²) in [6.07, 6.45) is 0.633. The van der Waals surface area contributed by atoms with Gasteiger partial charge in [0.2, 0.25) is 17.2 Å². The van der Waals surface area contributed by atoms with Gasteiger partial charge in [0.15, 0.2) is 31.3 Å². The highest BCUT2D eigenvalue weighted by Crippen LogP contribution is 2.38. The fourth-order valence-corrected chi connectivity index (χ4v) is 6.47. The maximum absolute atomic E-state index is 12.3. The summed E-state index contributed by atoms with van der Waals surface area (Å²) in [4.78, 5) is 16.2. The maximum atomic E-state index is 12.3. The molecule has 7 N–H and O–H groups in total. The van der Waals surface area contributed by atoms with Crippen molar-refractivity contribution in [2.75, 3.05) is 59.6 Å². The number of sulfone groups is 2. The number of benzene rings is 2. The van der Waals surface area contributed by atoms with Gasteiger partial charge in [-0.25, -0.2) is 21.8 Å². The number of hydrogen-bond donors (Lipinski definition) is 6. The highest BCUT2D eigenvalue weighted by molar-refractivity contribution is 7.94. The van der Waals surface area contributed by atoms with Crippen LogP contribution in [0.15, 0.2) is 86.5 Å². The van der Waals surface area contributed by atoms with Crippen LogP contribution in [0.4, 0.5) is 52.0 Å². The lowest BCUT2D eigenvalue weighted by Gasteiger charge is -2.16. The van der Waals surface area contributed by atoms with E-state index in [4.69, 9.17) is 22.1 Å². The van der Waals surface area contributed by atoms with Crippen LogP contribution in [0.5, 0.6) is 0 Å². The summed E-state index contributed by atoms with van der Waals surface area (Å²) in [6.45, 7) is 9.06. The molecule has 19 nitrogen and oxygen atoms in total. The number of methoxy groups -OCH3 is 1. The SMILES string of the molecule is C=CS(=O)(=O)CCNc1nc(NCCCOC)c(N)c(C)c1N=Nc1cc(Nc2nc(Cl)nc(Nc3ccc(S(=O)(=O)C=C)cc3)n2)ccc1S(=O)(=O)O. The van der Waals surface area contributed by atoms with Crippen LogP contribution in [-0.2, 0) is 34.5 Å². The van der Waals surface area contributed by atoms with Crippen LogP contribution in [0, 0.1) is 6.92 Å². The van der Waals surface area contributed by atoms with Crippen molar-refractivity contribution in [2.45, 2.75) is 23.1 Å². The van der Waals surface area contributed by atoms with E-state index in [0.29, 0.717) is 30.8 Å². The zero-order chi connectivity index (χ0) is 39.7. The first-order valence-electron chi connectivity index (χ1n) is 15.5. The second-order valence-electron chi connectivity index (χ2n) is 11.0. The Labute approximate surface area is 316 Å². The van der Waals surface area contributed by atoms with Gasteiger partial charge in [-0.15, -0.1) is 10.2 Å². The van der Waals surface area contributed by atoms with E-state index >= 15 is 0 Å². The summed E-state index contributed by atoms with van der Waals surface area (Å²) < 4.78 is 87.9. The van der Waals surface area contributed by atoms with Gasteiger partial charge in [0.1, 0.15) is 16.3 Å². The molecule has 0 spiro atoms. The quantitative estimate of drug-likeness (QED) is 0.0398. The van der Waals surface area contributed by atoms with Crippen molar-refractivity contribution in [2.24, 2.45) is 10.2 Å². The Morgan fingerprint density at radius 1 is 0.870 bits per heavy atom. The van der Waals surface area contributed by atoms with E-state index in [2.05, 4.69) is 64.6 Å². The summed E-state index contributed by atoms with van der Waals surface area (Å²) >= 11 is 6.14. The van der Waals surface area contributed by atoms with Crippen LogP contribution in [0.1, 0.15) is 12.0 Å². The largest absolute Gasteiger partial charge is 0.395 e. The van der Waals surface area contributed by atoms with E-state index in [1.54, 1.807) is 14.0 Å². The van der Waals surface area contributed by atoms with Gasteiger partial charge in [-0.05, 0) is 67.4 Å². The first-order valence-corrected chi connectivity index (χ1v) is 20.6. The van der Waals surface area contributed by atoms with Gasteiger partial charge in [-0.1, -0.05) is 13.2 Å². The summed E-state index contributed by atoms with van der Waals surface area (Å²) in [5, 5.41) is 21.5. The molecule has 0 atom stereocenters. The lowest BCUT2D eigenvalue weighted by atomic mass is 10.2. The third-order valence-electron chi connectivity index (χ3n) is 7.23. The van der Waals surface area contributed by atoms with Crippen LogP contribution in [0.3, 0.4) is 0 Å². The molecule has 0 saturated carbocycles. The molecule has 0 aliphatic rings. The monoisotopic (exact) mass is 821 g/mol. The van der Waals surface area contributed by atoms with E-state index in [-0.39, 0.29) is 68.8 Å². The maximum Gasteiger partial charge on any atom is 0.296 e. The molecule has 0 aliphatic carbocycles. The minimum atomic E-state index is -4.82. The second-order valence-corrected chi connectivity index (χ2v) is 16.7. The van der Waals surface area contributed by atoms with Crippen molar-refractivity contribution in [3.8, 4) is 0 Å². The third-order valence-corrected chi connectivity index (χ3v) is 10.9. The Hall–Kier alpha value is -5.26. The van der Waals surface area contributed by atoms with E-state index in [1.807, 2.05) is 0 Å². The number of halogens is 1. The Morgan fingerprint density at radius 2 is 1.50 bits per heavy atom. The Morgan fingerprint density at radius 3 is 2.11 bits per heavy atom. The number of pyridine rings is 1. The van der Waals surface area contributed by atoms with Crippen LogP contribution in [0.25, 0.3) is 0 Å². The number of azo groups is 1. The minimum Gasteiger partial charge on any atom is -0.395 e. The molecule has 2 aromatic heterocycles. The lowest BCUT2D eigenvalue weighted by molar-refractivity contribution is 0.198. The molecule has 4 rings (SSSR count). The molecule has 0 radical (unpaired) electrons. The molecule has 0 fully saturated rings. The predicted molar refractivity (Wildman–Crippen MR) is 207 cm³/mol. The van der Waals surface area contributed by atoms with Gasteiger partial charge in [0, 0.05) is 54.6 Å². The molecular formula is C31H36ClN11O8S3. The second kappa shape index (κ2) is 17.7. The number of nitrogens with two attached hydrogens (primary N) is 1. The molecule has 4 aromatic rings. The lowest BCUT2D eigenvalue weighted by Crippen LogP contribution is -2.16. The summed E-state index contributed by atoms with van der Waals surface area (Å²) in [7, 11) is -10.5. The smallest absolute Gasteiger partial charge is 0.296 e. The number of nitrogen functional groups attached to an aromatic ring is 1. The molecule has 0 unspecified atom stereocenters. The summed E-state index contributed by atoms with van der Waals surface area (Å²) in [5.74, 6) is -0.0693. The van der Waals surface area contributed by atoms with Crippen molar-refractivity contribution < 1.29 is 34.5 Å². The predicted octanol–water partition coefficient (Wildman–Crippen LogP) is 5.30. The van der Waals surface area contributed by atoms with E-state index in [0.717, 1.165) is 16.9 Å². The van der Waals surface area contributed by atoms with Gasteiger partial charge < -0.3 is 31.7 Å². The van der Waals surface area contributed by atoms with Crippen LogP contribution >= 0.6 is 11.6 Å². The van der Waals surface area contributed by atoms with Crippen molar-refractivity contribution in [3.63, 3.8) is 0 Å². The summed E-state index contributed by atoms with van der Waals surface area (Å²) in [6, 6.07) is 9.29. The van der Waals surface area contributed by atoms with Crippen LogP contribution in [-0.4, -0.2) is 82.3 Å². The first-order chi connectivity index (χ1) is 25.5. The van der Waals surface area contributed by atoms with Crippen molar-refractivity contribution >= 4 is 93.4 Å². The van der Waals surface area contributed by atoms with Gasteiger partial charge in [-0.2, -0.15) is 23.4 Å². The average Bonchev–Trinajstić information content (AvgIpc) is 3.11. The Bertz CT molecular complexity index is 2400. The van der Waals surface area contributed by atoms with Crippen molar-refractivity contribution in [1.82, 2.24) is 19.9 Å². The highest BCUT2D eigenvalue weighted by atomic mass is 35.5. The molecule has 0 bridgehead atoms. The number of rotatable bonds is 19. The van der Waals surface area contributed by atoms with Crippen LogP contribution < -0.4 is 27.0 Å². The number of anilines is 7. The highest BCUT2D eigenvalue weighted by Gasteiger charge is 2.20. The van der Waals surface area contributed by atoms with Gasteiger partial charge in [0.05, 0.1) is 16.3 Å². The normalized spacial score (nSPS) is 12.0. The van der Waals surface area contributed by atoms with Crippen molar-refractivity contribution in [1.29, 1.82) is 0 Å². The minimum absolute atomic E-state index is 0.0237. The number of nitrogens with one attached hydrogen (secondary N) is 4.